The van der Waals surface area contributed by atoms with Crippen LogP contribution < -0.4 is 15.4 Å². The lowest BCUT2D eigenvalue weighted by Crippen LogP contribution is -2.33. The maximum absolute atomic E-state index is 5.75. The second kappa shape index (κ2) is 4.60. The molecule has 1 aromatic heterocycles. The number of nitrogens with zero attached hydrogens (tertiary/aromatic N) is 2. The predicted octanol–water partition coefficient (Wildman–Crippen LogP) is 1.91. The summed E-state index contributed by atoms with van der Waals surface area (Å²) < 4.78 is 5.21. The van der Waals surface area contributed by atoms with Crippen LogP contribution in [0.2, 0.25) is 0 Å². The molecule has 1 fully saturated rings. The van der Waals surface area contributed by atoms with Gasteiger partial charge in [-0.15, -0.1) is 0 Å². The number of pyridine rings is 1. The molecule has 16 heavy (non-hydrogen) atoms. The number of ether oxygens (including phenoxy) is 1. The Balaban J connectivity index is 2.14. The van der Waals surface area contributed by atoms with Crippen LogP contribution in [0.15, 0.2) is 12.3 Å². The molecular formula is C12H19N3O. The lowest BCUT2D eigenvalue weighted by molar-refractivity contribution is 0.414. The molecule has 0 unspecified atom stereocenters. The number of nitrogens with two attached hydrogens (primary N) is 1. The molecule has 1 aliphatic heterocycles. The van der Waals surface area contributed by atoms with E-state index < -0.39 is 0 Å². The Morgan fingerprint density at radius 2 is 2.12 bits per heavy atom. The normalized spacial score (nSPS) is 17.5. The van der Waals surface area contributed by atoms with Crippen LogP contribution in [0.1, 0.15) is 19.8 Å². The summed E-state index contributed by atoms with van der Waals surface area (Å²) in [5.74, 6) is 2.51. The summed E-state index contributed by atoms with van der Waals surface area (Å²) in [4.78, 5) is 6.65. The fraction of sp³-hybridized carbons (Fsp3) is 0.583. The number of aromatic nitrogens is 1. The minimum Gasteiger partial charge on any atom is -0.494 e. The quantitative estimate of drug-likeness (QED) is 0.828. The van der Waals surface area contributed by atoms with Crippen LogP contribution in [0.4, 0.5) is 11.5 Å². The molecule has 0 radical (unpaired) electrons. The Hall–Kier alpha value is -1.45. The topological polar surface area (TPSA) is 51.4 Å². The smallest absolute Gasteiger partial charge is 0.147 e. The zero-order chi connectivity index (χ0) is 11.5. The first-order valence-electron chi connectivity index (χ1n) is 5.75. The van der Waals surface area contributed by atoms with Crippen LogP contribution in [-0.2, 0) is 0 Å². The molecule has 0 aromatic carbocycles. The summed E-state index contributed by atoms with van der Waals surface area (Å²) in [5, 5.41) is 0. The number of hydrogen-bond donors (Lipinski definition) is 1. The van der Waals surface area contributed by atoms with E-state index in [-0.39, 0.29) is 0 Å². The minimum atomic E-state index is 0.594. The van der Waals surface area contributed by atoms with Crippen molar-refractivity contribution in [1.82, 2.24) is 4.98 Å². The van der Waals surface area contributed by atoms with Crippen LogP contribution in [0, 0.1) is 5.92 Å². The highest BCUT2D eigenvalue weighted by atomic mass is 16.5. The molecule has 88 valence electrons. The van der Waals surface area contributed by atoms with Gasteiger partial charge in [0.15, 0.2) is 0 Å². The third-order valence-electron chi connectivity index (χ3n) is 3.21. The van der Waals surface area contributed by atoms with Gasteiger partial charge in [-0.2, -0.15) is 0 Å². The van der Waals surface area contributed by atoms with E-state index >= 15 is 0 Å². The first-order valence-corrected chi connectivity index (χ1v) is 5.75. The summed E-state index contributed by atoms with van der Waals surface area (Å²) in [6.07, 6.45) is 4.13. The second-order valence-corrected chi connectivity index (χ2v) is 4.45. The van der Waals surface area contributed by atoms with E-state index in [9.17, 15) is 0 Å². The molecule has 1 saturated heterocycles. The molecule has 0 bridgehead atoms. The first kappa shape index (κ1) is 11.0. The van der Waals surface area contributed by atoms with Crippen molar-refractivity contribution in [3.05, 3.63) is 12.3 Å². The van der Waals surface area contributed by atoms with Crippen molar-refractivity contribution in [2.45, 2.75) is 19.8 Å². The summed E-state index contributed by atoms with van der Waals surface area (Å²) in [6, 6.07) is 1.92. The van der Waals surface area contributed by atoms with Crippen molar-refractivity contribution in [3.63, 3.8) is 0 Å². The Labute approximate surface area is 96.4 Å². The van der Waals surface area contributed by atoms with Crippen molar-refractivity contribution in [3.8, 4) is 5.75 Å². The number of piperidine rings is 1. The van der Waals surface area contributed by atoms with E-state index in [0.717, 1.165) is 24.8 Å². The Morgan fingerprint density at radius 3 is 2.75 bits per heavy atom. The van der Waals surface area contributed by atoms with E-state index in [2.05, 4.69) is 16.8 Å². The summed E-state index contributed by atoms with van der Waals surface area (Å²) in [5.41, 5.74) is 6.34. The van der Waals surface area contributed by atoms with Gasteiger partial charge in [-0.3, -0.25) is 0 Å². The van der Waals surface area contributed by atoms with E-state index in [1.54, 1.807) is 13.3 Å². The highest BCUT2D eigenvalue weighted by Gasteiger charge is 2.17. The predicted molar refractivity (Wildman–Crippen MR) is 65.8 cm³/mol. The van der Waals surface area contributed by atoms with Crippen LogP contribution >= 0.6 is 0 Å². The summed E-state index contributed by atoms with van der Waals surface area (Å²) in [7, 11) is 1.63. The fourth-order valence-corrected chi connectivity index (χ4v) is 2.02. The molecular weight excluding hydrogens is 202 g/mol. The average molecular weight is 221 g/mol. The lowest BCUT2D eigenvalue weighted by atomic mass is 9.99. The van der Waals surface area contributed by atoms with Gasteiger partial charge in [-0.05, 0) is 18.8 Å². The van der Waals surface area contributed by atoms with E-state index in [1.807, 2.05) is 6.07 Å². The largest absolute Gasteiger partial charge is 0.494 e. The molecule has 1 aliphatic rings. The Morgan fingerprint density at radius 1 is 1.44 bits per heavy atom. The number of rotatable bonds is 2. The van der Waals surface area contributed by atoms with Gasteiger partial charge >= 0.3 is 0 Å². The van der Waals surface area contributed by atoms with Gasteiger partial charge in [0.05, 0.1) is 19.0 Å². The van der Waals surface area contributed by atoms with Gasteiger partial charge < -0.3 is 15.4 Å². The second-order valence-electron chi connectivity index (χ2n) is 4.45. The maximum Gasteiger partial charge on any atom is 0.147 e. The van der Waals surface area contributed by atoms with Gasteiger partial charge in [-0.25, -0.2) is 4.98 Å². The third kappa shape index (κ3) is 2.21. The van der Waals surface area contributed by atoms with Crippen molar-refractivity contribution in [2.75, 3.05) is 30.8 Å². The SMILES string of the molecule is COc1cc(N2CCC(C)CC2)ncc1N. The highest BCUT2D eigenvalue weighted by molar-refractivity contribution is 5.57. The molecule has 2 N–H and O–H groups in total. The molecule has 0 atom stereocenters. The maximum atomic E-state index is 5.75. The van der Waals surface area contributed by atoms with E-state index in [1.165, 1.54) is 12.8 Å². The molecule has 0 amide bonds. The lowest BCUT2D eigenvalue weighted by Gasteiger charge is -2.31. The first-order chi connectivity index (χ1) is 7.70. The zero-order valence-electron chi connectivity index (χ0n) is 9.94. The minimum absolute atomic E-state index is 0.594. The third-order valence-corrected chi connectivity index (χ3v) is 3.21. The monoisotopic (exact) mass is 221 g/mol. The van der Waals surface area contributed by atoms with Gasteiger partial charge in [0.1, 0.15) is 11.6 Å². The molecule has 0 aliphatic carbocycles. The number of methoxy groups -OCH3 is 1. The van der Waals surface area contributed by atoms with E-state index in [4.69, 9.17) is 10.5 Å². The van der Waals surface area contributed by atoms with E-state index in [0.29, 0.717) is 11.4 Å². The Bertz CT molecular complexity index is 359. The van der Waals surface area contributed by atoms with Crippen molar-refractivity contribution < 1.29 is 4.74 Å². The van der Waals surface area contributed by atoms with Crippen molar-refractivity contribution in [1.29, 1.82) is 0 Å². The molecule has 0 saturated carbocycles. The fourth-order valence-electron chi connectivity index (χ4n) is 2.02. The summed E-state index contributed by atoms with van der Waals surface area (Å²) in [6.45, 7) is 4.44. The van der Waals surface area contributed by atoms with Crippen LogP contribution in [-0.4, -0.2) is 25.2 Å². The van der Waals surface area contributed by atoms with Gasteiger partial charge in [0.2, 0.25) is 0 Å². The van der Waals surface area contributed by atoms with Crippen LogP contribution in [0.3, 0.4) is 0 Å². The number of nitrogen functional groups attached to an aromatic ring is 1. The number of anilines is 2. The molecule has 0 spiro atoms. The summed E-state index contributed by atoms with van der Waals surface area (Å²) >= 11 is 0. The van der Waals surface area contributed by atoms with Gasteiger partial charge in [0, 0.05) is 19.2 Å². The molecule has 2 heterocycles. The zero-order valence-corrected chi connectivity index (χ0v) is 9.94. The van der Waals surface area contributed by atoms with Crippen LogP contribution in [0.25, 0.3) is 0 Å². The van der Waals surface area contributed by atoms with Gasteiger partial charge in [0.25, 0.3) is 0 Å². The highest BCUT2D eigenvalue weighted by Crippen LogP contribution is 2.27. The molecule has 2 rings (SSSR count). The van der Waals surface area contributed by atoms with Crippen molar-refractivity contribution >= 4 is 11.5 Å². The molecule has 1 aromatic rings. The van der Waals surface area contributed by atoms with Crippen LogP contribution in [0.5, 0.6) is 5.75 Å². The molecule has 4 heteroatoms. The molecule has 4 nitrogen and oxygen atoms in total. The number of hydrogen-bond acceptors (Lipinski definition) is 4. The van der Waals surface area contributed by atoms with Crippen molar-refractivity contribution in [2.24, 2.45) is 5.92 Å². The average Bonchev–Trinajstić information content (AvgIpc) is 2.31. The standard InChI is InChI=1S/C12H19N3O/c1-9-3-5-15(6-4-9)12-7-11(16-2)10(13)8-14-12/h7-9H,3-6,13H2,1-2H3. The van der Waals surface area contributed by atoms with Gasteiger partial charge in [-0.1, -0.05) is 6.92 Å². The Kier molecular flexibility index (Phi) is 3.17.